The fraction of sp³-hybridized carbons (Fsp3) is 0.345. The molecule has 2 aliphatic rings. The van der Waals surface area contributed by atoms with Crippen LogP contribution in [0.4, 0.5) is 14.6 Å². The van der Waals surface area contributed by atoms with Crippen molar-refractivity contribution in [2.24, 2.45) is 0 Å². The average Bonchev–Trinajstić information content (AvgIpc) is 3.11. The smallest absolute Gasteiger partial charge is 0.251 e. The summed E-state index contributed by atoms with van der Waals surface area (Å²) in [7, 11) is 0. The van der Waals surface area contributed by atoms with Gasteiger partial charge < -0.3 is 19.7 Å². The molecule has 2 aliphatic heterocycles. The lowest BCUT2D eigenvalue weighted by molar-refractivity contribution is -0.00546. The highest BCUT2D eigenvalue weighted by molar-refractivity contribution is 7.99. The molecule has 0 aliphatic carbocycles. The highest BCUT2D eigenvalue weighted by Gasteiger charge is 2.24. The van der Waals surface area contributed by atoms with E-state index in [0.717, 1.165) is 48.0 Å². The zero-order valence-corrected chi connectivity index (χ0v) is 22.6. The molecule has 0 bridgehead atoms. The second kappa shape index (κ2) is 12.1. The van der Waals surface area contributed by atoms with Crippen LogP contribution < -0.4 is 15.0 Å². The van der Waals surface area contributed by atoms with Crippen molar-refractivity contribution in [1.29, 1.82) is 0 Å². The summed E-state index contributed by atoms with van der Waals surface area (Å²) in [6, 6.07) is 12.2. The van der Waals surface area contributed by atoms with Gasteiger partial charge in [0.1, 0.15) is 5.82 Å². The van der Waals surface area contributed by atoms with Crippen LogP contribution in [0.1, 0.15) is 47.6 Å². The minimum absolute atomic E-state index is 0.00746. The predicted molar refractivity (Wildman–Crippen MR) is 148 cm³/mol. The average molecular weight is 553 g/mol. The Morgan fingerprint density at radius 2 is 2.00 bits per heavy atom. The van der Waals surface area contributed by atoms with Crippen LogP contribution in [0, 0.1) is 5.82 Å². The van der Waals surface area contributed by atoms with Crippen molar-refractivity contribution >= 4 is 35.6 Å². The van der Waals surface area contributed by atoms with Gasteiger partial charge in [0, 0.05) is 31.3 Å². The molecule has 10 heteroatoms. The zero-order valence-electron chi connectivity index (χ0n) is 21.8. The molecule has 1 saturated heterocycles. The van der Waals surface area contributed by atoms with Crippen LogP contribution in [-0.2, 0) is 11.3 Å². The molecule has 1 N–H and O–H groups in total. The molecule has 3 atom stereocenters. The van der Waals surface area contributed by atoms with Crippen LogP contribution in [0.3, 0.4) is 0 Å². The number of nitrogens with one attached hydrogen (secondary N) is 1. The Kier molecular flexibility index (Phi) is 8.42. The van der Waals surface area contributed by atoms with E-state index in [-0.39, 0.29) is 48.0 Å². The molecule has 4 heterocycles. The first-order chi connectivity index (χ1) is 18.8. The summed E-state index contributed by atoms with van der Waals surface area (Å²) >= 11 is 0.862. The summed E-state index contributed by atoms with van der Waals surface area (Å²) in [6.07, 6.45) is 6.00. The molecule has 0 unspecified atom stereocenters. The van der Waals surface area contributed by atoms with E-state index >= 15 is 0 Å². The number of aromatic nitrogens is 2. The number of anilines is 1. The molecule has 5 rings (SSSR count). The van der Waals surface area contributed by atoms with Gasteiger partial charge in [0.15, 0.2) is 17.1 Å². The number of pyridine rings is 2. The van der Waals surface area contributed by atoms with Crippen molar-refractivity contribution in [1.82, 2.24) is 15.3 Å². The van der Waals surface area contributed by atoms with Gasteiger partial charge in [0.05, 0.1) is 41.6 Å². The Hall–Kier alpha value is -3.50. The molecule has 7 nitrogen and oxygen atoms in total. The molecule has 2 aromatic heterocycles. The first-order valence-electron chi connectivity index (χ1n) is 12.9. The largest absolute Gasteiger partial charge is 0.489 e. The van der Waals surface area contributed by atoms with E-state index in [0.29, 0.717) is 5.69 Å². The molecular formula is C29H30F2N4O3S. The van der Waals surface area contributed by atoms with Crippen LogP contribution >= 0.6 is 11.8 Å². The summed E-state index contributed by atoms with van der Waals surface area (Å²) in [5, 5.41) is 2.76. The third-order valence-electron chi connectivity index (χ3n) is 6.33. The number of halogens is 2. The number of ether oxygens (including phenoxy) is 2. The Morgan fingerprint density at radius 3 is 2.82 bits per heavy atom. The molecule has 3 aromatic rings. The number of carbonyl (C=O) groups excluding carboxylic acids is 1. The minimum atomic E-state index is -1.21. The van der Waals surface area contributed by atoms with Gasteiger partial charge in [-0.3, -0.25) is 9.78 Å². The second-order valence-corrected chi connectivity index (χ2v) is 10.8. The number of benzene rings is 1. The minimum Gasteiger partial charge on any atom is -0.489 e. The Labute approximate surface area is 230 Å². The van der Waals surface area contributed by atoms with Gasteiger partial charge in [-0.15, -0.1) is 0 Å². The first-order valence-corrected chi connectivity index (χ1v) is 13.8. The highest BCUT2D eigenvalue weighted by Crippen LogP contribution is 2.39. The topological polar surface area (TPSA) is 76.6 Å². The third kappa shape index (κ3) is 6.93. The molecule has 0 radical (unpaired) electrons. The van der Waals surface area contributed by atoms with E-state index in [1.165, 1.54) is 6.07 Å². The zero-order chi connectivity index (χ0) is 27.4. The number of amides is 1. The fourth-order valence-corrected chi connectivity index (χ4v) is 5.55. The number of alkyl halides is 1. The monoisotopic (exact) mass is 552 g/mol. The predicted octanol–water partition coefficient (Wildman–Crippen LogP) is 5.50. The summed E-state index contributed by atoms with van der Waals surface area (Å²) in [4.78, 5) is 24.4. The van der Waals surface area contributed by atoms with Crippen LogP contribution in [0.25, 0.3) is 12.2 Å². The molecule has 0 spiro atoms. The number of hydrogen-bond donors (Lipinski definition) is 1. The van der Waals surface area contributed by atoms with Gasteiger partial charge in [-0.05, 0) is 61.9 Å². The van der Waals surface area contributed by atoms with Crippen molar-refractivity contribution in [2.45, 2.75) is 49.4 Å². The maximum Gasteiger partial charge on any atom is 0.251 e. The van der Waals surface area contributed by atoms with E-state index in [1.807, 2.05) is 42.5 Å². The number of carbonyl (C=O) groups is 1. The summed E-state index contributed by atoms with van der Waals surface area (Å²) in [6.45, 7) is 5.97. The summed E-state index contributed by atoms with van der Waals surface area (Å²) in [5.74, 6) is -0.252. The molecule has 1 fully saturated rings. The summed E-state index contributed by atoms with van der Waals surface area (Å²) < 4.78 is 39.6. The van der Waals surface area contributed by atoms with Crippen LogP contribution in [0.5, 0.6) is 5.75 Å². The molecule has 204 valence electrons. The van der Waals surface area contributed by atoms with Crippen LogP contribution in [-0.4, -0.2) is 53.3 Å². The quantitative estimate of drug-likeness (QED) is 0.433. The second-order valence-electron chi connectivity index (χ2n) is 9.63. The van der Waals surface area contributed by atoms with E-state index in [9.17, 15) is 13.6 Å². The van der Waals surface area contributed by atoms with E-state index < -0.39 is 17.2 Å². The lowest BCUT2D eigenvalue weighted by Crippen LogP contribution is -2.45. The Bertz CT molecular complexity index is 1360. The lowest BCUT2D eigenvalue weighted by Gasteiger charge is -2.36. The third-order valence-corrected chi connectivity index (χ3v) is 7.38. The molecule has 39 heavy (non-hydrogen) atoms. The maximum atomic E-state index is 14.5. The number of rotatable bonds is 6. The SMILES string of the molecule is C[C@@H]1CN(c2cccc(/C=C/c3ccnc(CNC(=O)c4cc(F)c5c(c4)S[C@@H](F)CCO5)c3)n2)C[C@H](C)O1. The molecular weight excluding hydrogens is 522 g/mol. The van der Waals surface area contributed by atoms with Gasteiger partial charge in [-0.1, -0.05) is 23.9 Å². The van der Waals surface area contributed by atoms with Gasteiger partial charge in [0.25, 0.3) is 5.91 Å². The van der Waals surface area contributed by atoms with E-state index in [2.05, 4.69) is 29.0 Å². The molecule has 0 saturated carbocycles. The number of nitrogens with zero attached hydrogens (tertiary/aromatic N) is 3. The number of fused-ring (bicyclic) bond motifs is 1. The Morgan fingerprint density at radius 1 is 1.18 bits per heavy atom. The van der Waals surface area contributed by atoms with Crippen molar-refractivity contribution in [2.75, 3.05) is 24.6 Å². The van der Waals surface area contributed by atoms with Gasteiger partial charge in [-0.25, -0.2) is 13.8 Å². The maximum absolute atomic E-state index is 14.5. The number of hydrogen-bond acceptors (Lipinski definition) is 7. The summed E-state index contributed by atoms with van der Waals surface area (Å²) in [5.41, 5.74) is 1.25. The molecule has 1 amide bonds. The highest BCUT2D eigenvalue weighted by atomic mass is 32.2. The van der Waals surface area contributed by atoms with Gasteiger partial charge in [-0.2, -0.15) is 0 Å². The standard InChI is InChI=1S/C29H30F2N4O3S/c1-18-16-35(17-19(2)38-18)27-5-3-4-22(34-27)7-6-20-8-10-32-23(12-20)15-33-29(36)21-13-24(30)28-25(14-21)39-26(31)9-11-37-28/h3-8,10,12-14,18-19,26H,9,11,15-17H2,1-2H3,(H,33,36)/b7-6+/t18-,19+,26-/m1/s1. The van der Waals surface area contributed by atoms with Gasteiger partial charge >= 0.3 is 0 Å². The van der Waals surface area contributed by atoms with E-state index in [4.69, 9.17) is 14.5 Å². The normalized spacial score (nSPS) is 21.2. The first kappa shape index (κ1) is 27.1. The van der Waals surface area contributed by atoms with Crippen molar-refractivity contribution in [3.05, 3.63) is 77.0 Å². The Balaban J connectivity index is 1.23. The van der Waals surface area contributed by atoms with Crippen molar-refractivity contribution in [3.8, 4) is 5.75 Å². The number of thioether (sulfide) groups is 1. The van der Waals surface area contributed by atoms with Crippen molar-refractivity contribution in [3.63, 3.8) is 0 Å². The van der Waals surface area contributed by atoms with Crippen LogP contribution in [0.2, 0.25) is 0 Å². The fourth-order valence-electron chi connectivity index (χ4n) is 4.60. The van der Waals surface area contributed by atoms with Crippen molar-refractivity contribution < 1.29 is 23.0 Å². The van der Waals surface area contributed by atoms with Crippen LogP contribution in [0.15, 0.2) is 53.6 Å². The number of morpholine rings is 1. The van der Waals surface area contributed by atoms with E-state index in [1.54, 1.807) is 6.20 Å². The van der Waals surface area contributed by atoms with Gasteiger partial charge in [0.2, 0.25) is 0 Å². The lowest BCUT2D eigenvalue weighted by atomic mass is 10.1. The molecule has 1 aromatic carbocycles.